The molecule has 0 N–H and O–H groups in total. The molecule has 0 aliphatic rings. The van der Waals surface area contributed by atoms with E-state index in [9.17, 15) is 0 Å². The first-order valence-corrected chi connectivity index (χ1v) is 5.80. The summed E-state index contributed by atoms with van der Waals surface area (Å²) >= 11 is 2.11. The maximum atomic E-state index is 3.87. The summed E-state index contributed by atoms with van der Waals surface area (Å²) in [6.45, 7) is 8.39. The van der Waals surface area contributed by atoms with Gasteiger partial charge in [-0.15, -0.1) is 0 Å². The molecule has 0 aliphatic carbocycles. The van der Waals surface area contributed by atoms with Crippen LogP contribution in [0, 0.1) is 6.92 Å². The molecule has 1 atom stereocenters. The highest BCUT2D eigenvalue weighted by Gasteiger charge is 2.05. The van der Waals surface area contributed by atoms with E-state index in [2.05, 4.69) is 32.5 Å². The zero-order valence-corrected chi connectivity index (χ0v) is 8.75. The predicted molar refractivity (Wildman–Crippen MR) is 56.0 cm³/mol. The summed E-state index contributed by atoms with van der Waals surface area (Å²) in [5.41, 5.74) is 0. The fourth-order valence-corrected chi connectivity index (χ4v) is 2.45. The molecule has 0 aliphatic heterocycles. The van der Waals surface area contributed by atoms with Gasteiger partial charge in [0.15, 0.2) is 0 Å². The van der Waals surface area contributed by atoms with Gasteiger partial charge in [-0.1, -0.05) is 40.0 Å². The minimum atomic E-state index is 0.909. The van der Waals surface area contributed by atoms with Gasteiger partial charge >= 0.3 is 0 Å². The Labute approximate surface area is 76.1 Å². The van der Waals surface area contributed by atoms with Gasteiger partial charge in [-0.3, -0.25) is 0 Å². The quantitative estimate of drug-likeness (QED) is 0.562. The van der Waals surface area contributed by atoms with Crippen molar-refractivity contribution < 1.29 is 0 Å². The van der Waals surface area contributed by atoms with E-state index in [-0.39, 0.29) is 0 Å². The Morgan fingerprint density at radius 3 is 2.45 bits per heavy atom. The first-order valence-electron chi connectivity index (χ1n) is 4.76. The molecule has 0 rings (SSSR count). The molecule has 0 spiro atoms. The molecule has 0 bridgehead atoms. The maximum Gasteiger partial charge on any atom is 0.00468 e. The van der Waals surface area contributed by atoms with E-state index in [0.29, 0.717) is 0 Å². The van der Waals surface area contributed by atoms with E-state index in [4.69, 9.17) is 0 Å². The van der Waals surface area contributed by atoms with Gasteiger partial charge in [-0.25, -0.2) is 0 Å². The molecule has 0 saturated heterocycles. The lowest BCUT2D eigenvalue weighted by Crippen LogP contribution is -2.02. The Balaban J connectivity index is 3.34. The largest absolute Gasteiger partial charge is 0.159 e. The van der Waals surface area contributed by atoms with Gasteiger partial charge in [0, 0.05) is 5.25 Å². The average molecular weight is 173 g/mol. The van der Waals surface area contributed by atoms with Gasteiger partial charge in [-0.2, -0.15) is 11.8 Å². The van der Waals surface area contributed by atoms with Gasteiger partial charge in [0.1, 0.15) is 0 Å². The first-order chi connectivity index (χ1) is 5.35. The lowest BCUT2D eigenvalue weighted by molar-refractivity contribution is 0.652. The molecule has 0 amide bonds. The fourth-order valence-electron chi connectivity index (χ4n) is 1.24. The molecule has 0 aromatic rings. The summed E-state index contributed by atoms with van der Waals surface area (Å²) in [4.78, 5) is 0. The second-order valence-corrected chi connectivity index (χ2v) is 4.44. The number of hydrogen-bond donors (Lipinski definition) is 0. The molecule has 11 heavy (non-hydrogen) atoms. The van der Waals surface area contributed by atoms with Crippen LogP contribution in [0.25, 0.3) is 0 Å². The molecular weight excluding hydrogens is 152 g/mol. The summed E-state index contributed by atoms with van der Waals surface area (Å²) < 4.78 is 0. The molecule has 0 heterocycles. The minimum Gasteiger partial charge on any atom is -0.159 e. The van der Waals surface area contributed by atoms with Gasteiger partial charge in [0.2, 0.25) is 0 Å². The van der Waals surface area contributed by atoms with E-state index in [1.807, 2.05) is 0 Å². The van der Waals surface area contributed by atoms with E-state index in [1.165, 1.54) is 31.4 Å². The average Bonchev–Trinajstić information content (AvgIpc) is 2.01. The number of rotatable bonds is 7. The van der Waals surface area contributed by atoms with E-state index < -0.39 is 0 Å². The second-order valence-electron chi connectivity index (χ2n) is 2.86. The molecule has 0 saturated carbocycles. The topological polar surface area (TPSA) is 0 Å². The number of unbranched alkanes of at least 4 members (excludes halogenated alkanes) is 1. The summed E-state index contributed by atoms with van der Waals surface area (Å²) in [5.74, 6) is 1.27. The van der Waals surface area contributed by atoms with E-state index in [0.717, 1.165) is 11.7 Å². The molecule has 1 heteroatoms. The van der Waals surface area contributed by atoms with Crippen LogP contribution in [0.15, 0.2) is 0 Å². The van der Waals surface area contributed by atoms with Crippen molar-refractivity contribution in [1.82, 2.24) is 0 Å². The first kappa shape index (κ1) is 11.4. The van der Waals surface area contributed by atoms with Crippen LogP contribution < -0.4 is 0 Å². The van der Waals surface area contributed by atoms with Gasteiger partial charge in [-0.05, 0) is 18.6 Å². The highest BCUT2D eigenvalue weighted by atomic mass is 32.2. The van der Waals surface area contributed by atoms with E-state index >= 15 is 0 Å². The van der Waals surface area contributed by atoms with Crippen molar-refractivity contribution in [1.29, 1.82) is 0 Å². The Morgan fingerprint density at radius 1 is 1.27 bits per heavy atom. The minimum absolute atomic E-state index is 0.909. The van der Waals surface area contributed by atoms with Crippen molar-refractivity contribution in [3.05, 3.63) is 6.92 Å². The highest BCUT2D eigenvalue weighted by molar-refractivity contribution is 7.99. The van der Waals surface area contributed by atoms with Crippen LogP contribution in [0.2, 0.25) is 0 Å². The standard InChI is InChI=1S/C10H21S/c1-4-7-9-10(8-5-2)11-6-3/h10H,1,4-9H2,2-3H3. The molecule has 0 fully saturated rings. The Kier molecular flexibility index (Phi) is 8.72. The molecule has 1 radical (unpaired) electrons. The smallest absolute Gasteiger partial charge is 0.00468 e. The zero-order chi connectivity index (χ0) is 8.53. The molecule has 0 nitrogen and oxygen atoms in total. The maximum absolute atomic E-state index is 3.87. The van der Waals surface area contributed by atoms with Gasteiger partial charge in [0.25, 0.3) is 0 Å². The normalized spacial score (nSPS) is 13.4. The van der Waals surface area contributed by atoms with E-state index in [1.54, 1.807) is 0 Å². The van der Waals surface area contributed by atoms with Crippen molar-refractivity contribution in [3.63, 3.8) is 0 Å². The predicted octanol–water partition coefficient (Wildman–Crippen LogP) is 3.91. The number of thioether (sulfide) groups is 1. The second kappa shape index (κ2) is 8.45. The summed E-state index contributed by atoms with van der Waals surface area (Å²) in [7, 11) is 0. The third kappa shape index (κ3) is 6.74. The lowest BCUT2D eigenvalue weighted by Gasteiger charge is -2.13. The van der Waals surface area contributed by atoms with Crippen LogP contribution in [0.5, 0.6) is 0 Å². The monoisotopic (exact) mass is 173 g/mol. The van der Waals surface area contributed by atoms with Crippen LogP contribution in [0.4, 0.5) is 0 Å². The van der Waals surface area contributed by atoms with Crippen LogP contribution in [-0.2, 0) is 0 Å². The van der Waals surface area contributed by atoms with Crippen molar-refractivity contribution in [2.24, 2.45) is 0 Å². The SMILES string of the molecule is [CH2]CCCC(CCC)SCC. The van der Waals surface area contributed by atoms with Gasteiger partial charge in [0.05, 0.1) is 0 Å². The third-order valence-electron chi connectivity index (χ3n) is 1.79. The lowest BCUT2D eigenvalue weighted by atomic mass is 10.1. The van der Waals surface area contributed by atoms with Crippen LogP contribution in [0.1, 0.15) is 46.0 Å². The van der Waals surface area contributed by atoms with Crippen molar-refractivity contribution in [3.8, 4) is 0 Å². The van der Waals surface area contributed by atoms with Crippen molar-refractivity contribution >= 4 is 11.8 Å². The Hall–Kier alpha value is 0.350. The van der Waals surface area contributed by atoms with Crippen LogP contribution in [-0.4, -0.2) is 11.0 Å². The van der Waals surface area contributed by atoms with Crippen LogP contribution >= 0.6 is 11.8 Å². The molecule has 1 unspecified atom stereocenters. The number of hydrogen-bond acceptors (Lipinski definition) is 1. The third-order valence-corrected chi connectivity index (χ3v) is 3.07. The van der Waals surface area contributed by atoms with Crippen molar-refractivity contribution in [2.45, 2.75) is 51.2 Å². The highest BCUT2D eigenvalue weighted by Crippen LogP contribution is 2.21. The molecular formula is C10H21S. The summed E-state index contributed by atoms with van der Waals surface area (Å²) in [6.07, 6.45) is 6.49. The zero-order valence-electron chi connectivity index (χ0n) is 7.94. The molecule has 67 valence electrons. The Morgan fingerprint density at radius 2 is 2.00 bits per heavy atom. The summed E-state index contributed by atoms with van der Waals surface area (Å²) in [5, 5.41) is 0.909. The molecule has 0 aromatic carbocycles. The van der Waals surface area contributed by atoms with Crippen LogP contribution in [0.3, 0.4) is 0 Å². The van der Waals surface area contributed by atoms with Gasteiger partial charge < -0.3 is 0 Å². The molecule has 0 aromatic heterocycles. The summed E-state index contributed by atoms with van der Waals surface area (Å²) in [6, 6.07) is 0. The van der Waals surface area contributed by atoms with Crippen molar-refractivity contribution in [2.75, 3.05) is 5.75 Å². The fraction of sp³-hybridized carbons (Fsp3) is 0.900. The Bertz CT molecular complexity index is 65.3.